The lowest BCUT2D eigenvalue weighted by Crippen LogP contribution is -2.59. The van der Waals surface area contributed by atoms with Crippen molar-refractivity contribution in [3.8, 4) is 11.1 Å². The van der Waals surface area contributed by atoms with Crippen molar-refractivity contribution in [2.75, 3.05) is 38.5 Å². The van der Waals surface area contributed by atoms with E-state index in [0.29, 0.717) is 40.1 Å². The van der Waals surface area contributed by atoms with Gasteiger partial charge in [-0.05, 0) is 47.9 Å². The minimum absolute atomic E-state index is 0.0587. The van der Waals surface area contributed by atoms with Gasteiger partial charge in [0.05, 0.1) is 32.8 Å². The molecule has 0 aliphatic carbocycles. The highest BCUT2D eigenvalue weighted by atomic mass is 19.3. The monoisotopic (exact) mass is 508 g/mol. The van der Waals surface area contributed by atoms with Crippen LogP contribution in [0.5, 0.6) is 0 Å². The first-order valence-electron chi connectivity index (χ1n) is 12.3. The number of amides is 2. The fraction of sp³-hybridized carbons (Fsp3) is 0.357. The van der Waals surface area contributed by atoms with Crippen LogP contribution >= 0.6 is 0 Å². The standard InChI is InChI=1S/C28H31F2N5O2/c1-19-15-22(9-10-31-19)24-7-5-21(16-25(24)28(3,29)30)17-27(37)33-26-8-6-23(18-32-26)35(4)13-11-34(12-14-35)20(2)36/h5-10,15-16,18H,11-14,17H2,1-4H3/p+1. The van der Waals surface area contributed by atoms with E-state index in [9.17, 15) is 18.4 Å². The summed E-state index contributed by atoms with van der Waals surface area (Å²) in [7, 11) is 2.10. The molecule has 0 unspecified atom stereocenters. The summed E-state index contributed by atoms with van der Waals surface area (Å²) in [5.74, 6) is -2.94. The summed E-state index contributed by atoms with van der Waals surface area (Å²) in [4.78, 5) is 34.7. The number of aryl methyl sites for hydroxylation is 1. The summed E-state index contributed by atoms with van der Waals surface area (Å²) in [6.45, 7) is 7.19. The number of hydrogen-bond acceptors (Lipinski definition) is 4. The number of quaternary nitrogens is 1. The molecule has 37 heavy (non-hydrogen) atoms. The maximum atomic E-state index is 14.5. The number of benzene rings is 1. The van der Waals surface area contributed by atoms with Crippen LogP contribution in [0.25, 0.3) is 11.1 Å². The molecule has 1 aromatic carbocycles. The van der Waals surface area contributed by atoms with Gasteiger partial charge in [0.15, 0.2) is 5.69 Å². The van der Waals surface area contributed by atoms with Crippen LogP contribution in [0, 0.1) is 6.92 Å². The minimum Gasteiger partial charge on any atom is -0.332 e. The summed E-state index contributed by atoms with van der Waals surface area (Å²) < 4.78 is 29.7. The van der Waals surface area contributed by atoms with E-state index >= 15 is 0 Å². The van der Waals surface area contributed by atoms with E-state index < -0.39 is 5.92 Å². The van der Waals surface area contributed by atoms with Crippen molar-refractivity contribution in [3.63, 3.8) is 0 Å². The largest absolute Gasteiger partial charge is 0.332 e. The fourth-order valence-electron chi connectivity index (χ4n) is 4.66. The lowest BCUT2D eigenvalue weighted by molar-refractivity contribution is -0.130. The summed E-state index contributed by atoms with van der Waals surface area (Å²) in [6, 6.07) is 11.9. The summed E-state index contributed by atoms with van der Waals surface area (Å²) in [6.07, 6.45) is 3.27. The molecule has 3 heterocycles. The van der Waals surface area contributed by atoms with E-state index in [1.807, 2.05) is 17.9 Å². The highest BCUT2D eigenvalue weighted by Crippen LogP contribution is 2.36. The van der Waals surface area contributed by atoms with Gasteiger partial charge in [-0.2, -0.15) is 0 Å². The Kier molecular flexibility index (Phi) is 7.36. The molecule has 194 valence electrons. The number of rotatable bonds is 6. The normalized spacial score (nSPS) is 15.4. The predicted octanol–water partition coefficient (Wildman–Crippen LogP) is 4.54. The number of pyridine rings is 2. The lowest BCUT2D eigenvalue weighted by Gasteiger charge is -2.41. The molecular weight excluding hydrogens is 476 g/mol. The average molecular weight is 509 g/mol. The second-order valence-corrected chi connectivity index (χ2v) is 9.93. The number of carbonyl (C=O) groups excluding carboxylic acids is 2. The molecule has 0 saturated carbocycles. The van der Waals surface area contributed by atoms with Crippen molar-refractivity contribution in [1.29, 1.82) is 0 Å². The predicted molar refractivity (Wildman–Crippen MR) is 140 cm³/mol. The van der Waals surface area contributed by atoms with E-state index in [1.54, 1.807) is 49.6 Å². The maximum Gasteiger partial charge on any atom is 0.271 e. The Morgan fingerprint density at radius 3 is 2.41 bits per heavy atom. The third-order valence-corrected chi connectivity index (χ3v) is 6.94. The van der Waals surface area contributed by atoms with Crippen molar-refractivity contribution >= 4 is 23.3 Å². The van der Waals surface area contributed by atoms with Gasteiger partial charge >= 0.3 is 0 Å². The zero-order valence-electron chi connectivity index (χ0n) is 21.6. The smallest absolute Gasteiger partial charge is 0.271 e. The van der Waals surface area contributed by atoms with Crippen LogP contribution in [-0.4, -0.2) is 59.9 Å². The van der Waals surface area contributed by atoms with Crippen LogP contribution in [-0.2, 0) is 21.9 Å². The average Bonchev–Trinajstić information content (AvgIpc) is 2.84. The number of alkyl halides is 2. The lowest BCUT2D eigenvalue weighted by atomic mass is 9.93. The third kappa shape index (κ3) is 6.17. The van der Waals surface area contributed by atoms with Crippen molar-refractivity contribution in [1.82, 2.24) is 19.4 Å². The molecule has 1 N–H and O–H groups in total. The minimum atomic E-state index is -3.08. The summed E-state index contributed by atoms with van der Waals surface area (Å²) in [5.41, 5.74) is 3.16. The topological polar surface area (TPSA) is 75.2 Å². The Balaban J connectivity index is 1.44. The molecule has 1 saturated heterocycles. The number of nitrogens with one attached hydrogen (secondary N) is 1. The molecule has 2 amide bonds. The molecule has 0 radical (unpaired) electrons. The molecule has 3 aromatic rings. The quantitative estimate of drug-likeness (QED) is 0.496. The number of nitrogens with zero attached hydrogens (tertiary/aromatic N) is 4. The van der Waals surface area contributed by atoms with Gasteiger partial charge in [-0.15, -0.1) is 0 Å². The molecular formula is C28H32F2N5O2+. The van der Waals surface area contributed by atoms with Gasteiger partial charge < -0.3 is 10.2 Å². The van der Waals surface area contributed by atoms with Crippen LogP contribution in [0.3, 0.4) is 0 Å². The number of aromatic nitrogens is 2. The molecule has 1 fully saturated rings. The highest BCUT2D eigenvalue weighted by molar-refractivity contribution is 5.91. The second-order valence-electron chi connectivity index (χ2n) is 9.93. The van der Waals surface area contributed by atoms with Crippen LogP contribution in [0.15, 0.2) is 54.9 Å². The van der Waals surface area contributed by atoms with Crippen LogP contribution in [0.1, 0.15) is 30.7 Å². The first-order valence-corrected chi connectivity index (χ1v) is 12.3. The van der Waals surface area contributed by atoms with Gasteiger partial charge in [0.1, 0.15) is 18.9 Å². The summed E-state index contributed by atoms with van der Waals surface area (Å²) in [5, 5.41) is 2.76. The van der Waals surface area contributed by atoms with Gasteiger partial charge in [0.2, 0.25) is 11.8 Å². The van der Waals surface area contributed by atoms with Crippen LogP contribution < -0.4 is 9.80 Å². The Morgan fingerprint density at radius 2 is 1.81 bits per heavy atom. The first-order chi connectivity index (χ1) is 17.4. The number of halogens is 2. The number of hydrogen-bond donors (Lipinski definition) is 1. The Labute approximate surface area is 215 Å². The van der Waals surface area contributed by atoms with Gasteiger partial charge in [0.25, 0.3) is 5.92 Å². The van der Waals surface area contributed by atoms with Gasteiger partial charge in [-0.1, -0.05) is 12.1 Å². The van der Waals surface area contributed by atoms with Crippen molar-refractivity contribution in [3.05, 3.63) is 71.7 Å². The number of piperazine rings is 1. The Morgan fingerprint density at radius 1 is 1.08 bits per heavy atom. The Bertz CT molecular complexity index is 1300. The van der Waals surface area contributed by atoms with E-state index in [1.165, 1.54) is 6.07 Å². The van der Waals surface area contributed by atoms with Crippen LogP contribution in [0.2, 0.25) is 0 Å². The fourth-order valence-corrected chi connectivity index (χ4v) is 4.66. The molecule has 9 heteroatoms. The van der Waals surface area contributed by atoms with Crippen molar-refractivity contribution in [2.45, 2.75) is 33.1 Å². The zero-order chi connectivity index (χ0) is 26.8. The van der Waals surface area contributed by atoms with E-state index in [4.69, 9.17) is 0 Å². The molecule has 0 spiro atoms. The van der Waals surface area contributed by atoms with Crippen molar-refractivity contribution in [2.24, 2.45) is 0 Å². The molecule has 0 atom stereocenters. The molecule has 2 aromatic heterocycles. The Hall–Kier alpha value is -3.72. The third-order valence-electron chi connectivity index (χ3n) is 6.94. The molecule has 1 aliphatic heterocycles. The first kappa shape index (κ1) is 26.3. The molecule has 4 rings (SSSR count). The van der Waals surface area contributed by atoms with Crippen molar-refractivity contribution < 1.29 is 18.4 Å². The van der Waals surface area contributed by atoms with E-state index in [-0.39, 0.29) is 23.8 Å². The molecule has 0 bridgehead atoms. The molecule has 1 aliphatic rings. The second kappa shape index (κ2) is 10.3. The summed E-state index contributed by atoms with van der Waals surface area (Å²) >= 11 is 0. The number of carbonyl (C=O) groups is 2. The van der Waals surface area contributed by atoms with E-state index in [0.717, 1.165) is 31.4 Å². The SMILES string of the molecule is CC(=O)N1CC[N+](C)(c2ccc(NC(=O)Cc3ccc(-c4ccnc(C)c4)c(C(C)(F)F)c3)nc2)CC1. The zero-order valence-corrected chi connectivity index (χ0v) is 21.6. The van der Waals surface area contributed by atoms with Crippen LogP contribution in [0.4, 0.5) is 20.3 Å². The maximum absolute atomic E-state index is 14.5. The number of anilines is 1. The molecule has 7 nitrogen and oxygen atoms in total. The van der Waals surface area contributed by atoms with Gasteiger partial charge in [-0.25, -0.2) is 13.8 Å². The number of likely N-dealkylation sites (N-methyl/N-ethyl adjacent to an activating group) is 1. The highest BCUT2D eigenvalue weighted by Gasteiger charge is 2.32. The van der Waals surface area contributed by atoms with Gasteiger partial charge in [0, 0.05) is 37.4 Å². The van der Waals surface area contributed by atoms with Gasteiger partial charge in [-0.3, -0.25) is 19.1 Å². The van der Waals surface area contributed by atoms with E-state index in [2.05, 4.69) is 22.3 Å².